The van der Waals surface area contributed by atoms with Crippen molar-refractivity contribution in [3.05, 3.63) is 18.0 Å². The molecule has 0 amide bonds. The molecule has 1 aromatic heterocycles. The first-order valence-corrected chi connectivity index (χ1v) is 6.18. The first-order chi connectivity index (χ1) is 7.04. The summed E-state index contributed by atoms with van der Waals surface area (Å²) < 4.78 is 2.00. The average molecular weight is 229 g/mol. The van der Waals surface area contributed by atoms with Gasteiger partial charge in [0.15, 0.2) is 0 Å². The molecule has 0 bridgehead atoms. The van der Waals surface area contributed by atoms with E-state index in [1.165, 1.54) is 0 Å². The molecule has 0 aromatic carbocycles. The molecule has 0 aliphatic carbocycles. The van der Waals surface area contributed by atoms with Crippen molar-refractivity contribution in [3.63, 3.8) is 0 Å². The van der Waals surface area contributed by atoms with Gasteiger partial charge in [-0.15, -0.1) is 11.6 Å². The van der Waals surface area contributed by atoms with Crippen LogP contribution in [0.1, 0.15) is 39.4 Å². The summed E-state index contributed by atoms with van der Waals surface area (Å²) >= 11 is 5.95. The molecule has 1 unspecified atom stereocenters. The quantitative estimate of drug-likeness (QED) is 0.706. The van der Waals surface area contributed by atoms with Gasteiger partial charge in [0.05, 0.1) is 5.69 Å². The molecule has 15 heavy (non-hydrogen) atoms. The van der Waals surface area contributed by atoms with E-state index in [4.69, 9.17) is 11.6 Å². The molecule has 3 heteroatoms. The molecule has 0 fully saturated rings. The summed E-state index contributed by atoms with van der Waals surface area (Å²) in [6.45, 7) is 8.70. The molecule has 1 atom stereocenters. The van der Waals surface area contributed by atoms with Crippen LogP contribution in [0.5, 0.6) is 0 Å². The third kappa shape index (κ3) is 3.53. The minimum Gasteiger partial charge on any atom is -0.270 e. The highest BCUT2D eigenvalue weighted by Gasteiger charge is 2.14. The van der Waals surface area contributed by atoms with Crippen molar-refractivity contribution in [1.82, 2.24) is 9.78 Å². The Hall–Kier alpha value is -0.500. The van der Waals surface area contributed by atoms with Crippen molar-refractivity contribution in [2.45, 2.75) is 40.2 Å². The van der Waals surface area contributed by atoms with Crippen molar-refractivity contribution in [3.8, 4) is 0 Å². The second-order valence-corrected chi connectivity index (χ2v) is 5.05. The smallest absolute Gasteiger partial charge is 0.0628 e. The number of nitrogens with zero attached hydrogens (tertiary/aromatic N) is 2. The SMILES string of the molecule is CC(C)C(CCl)Cc1ccn(C(C)C)n1. The van der Waals surface area contributed by atoms with Crippen LogP contribution in [0.4, 0.5) is 0 Å². The van der Waals surface area contributed by atoms with Crippen LogP contribution >= 0.6 is 11.6 Å². The Labute approximate surface area is 97.6 Å². The molecule has 1 aromatic rings. The lowest BCUT2D eigenvalue weighted by molar-refractivity contribution is 0.414. The highest BCUT2D eigenvalue weighted by molar-refractivity contribution is 6.18. The molecular formula is C12H21ClN2. The normalized spacial score (nSPS) is 13.8. The van der Waals surface area contributed by atoms with Crippen molar-refractivity contribution in [1.29, 1.82) is 0 Å². The molecule has 1 rings (SSSR count). The Morgan fingerprint density at radius 2 is 2.00 bits per heavy atom. The molecule has 0 N–H and O–H groups in total. The summed E-state index contributed by atoms with van der Waals surface area (Å²) in [4.78, 5) is 0. The maximum absolute atomic E-state index is 5.95. The number of alkyl halides is 1. The van der Waals surface area contributed by atoms with Crippen LogP contribution < -0.4 is 0 Å². The van der Waals surface area contributed by atoms with E-state index in [-0.39, 0.29) is 0 Å². The van der Waals surface area contributed by atoms with Gasteiger partial charge >= 0.3 is 0 Å². The minimum atomic E-state index is 0.437. The monoisotopic (exact) mass is 228 g/mol. The number of rotatable bonds is 5. The summed E-state index contributed by atoms with van der Waals surface area (Å²) in [5.41, 5.74) is 1.16. The number of hydrogen-bond donors (Lipinski definition) is 0. The van der Waals surface area contributed by atoms with Gasteiger partial charge in [-0.2, -0.15) is 5.10 Å². The zero-order chi connectivity index (χ0) is 11.4. The fourth-order valence-corrected chi connectivity index (χ4v) is 1.98. The molecule has 86 valence electrons. The lowest BCUT2D eigenvalue weighted by atomic mass is 9.93. The van der Waals surface area contributed by atoms with E-state index in [2.05, 4.69) is 38.9 Å². The largest absolute Gasteiger partial charge is 0.270 e. The van der Waals surface area contributed by atoms with Gasteiger partial charge in [-0.05, 0) is 38.2 Å². The lowest BCUT2D eigenvalue weighted by Gasteiger charge is -2.16. The van der Waals surface area contributed by atoms with E-state index in [0.29, 0.717) is 23.8 Å². The molecule has 0 aliphatic heterocycles. The molecular weight excluding hydrogens is 208 g/mol. The zero-order valence-electron chi connectivity index (χ0n) is 10.1. The number of halogens is 1. The molecule has 0 radical (unpaired) electrons. The van der Waals surface area contributed by atoms with Crippen LogP contribution in [0.25, 0.3) is 0 Å². The maximum Gasteiger partial charge on any atom is 0.0628 e. The van der Waals surface area contributed by atoms with E-state index in [1.807, 2.05) is 10.9 Å². The van der Waals surface area contributed by atoms with Crippen molar-refractivity contribution in [2.24, 2.45) is 11.8 Å². The van der Waals surface area contributed by atoms with Crippen LogP contribution in [0.15, 0.2) is 12.3 Å². The van der Waals surface area contributed by atoms with E-state index < -0.39 is 0 Å². The summed E-state index contributed by atoms with van der Waals surface area (Å²) in [7, 11) is 0. The second-order valence-electron chi connectivity index (χ2n) is 4.74. The average Bonchev–Trinajstić information content (AvgIpc) is 2.61. The van der Waals surface area contributed by atoms with E-state index in [1.54, 1.807) is 0 Å². The molecule has 1 heterocycles. The fourth-order valence-electron chi connectivity index (χ4n) is 1.51. The Morgan fingerprint density at radius 3 is 2.40 bits per heavy atom. The Balaban J connectivity index is 2.63. The highest BCUT2D eigenvalue weighted by Crippen LogP contribution is 2.18. The Bertz CT molecular complexity index is 292. The van der Waals surface area contributed by atoms with Crippen molar-refractivity contribution in [2.75, 3.05) is 5.88 Å². The lowest BCUT2D eigenvalue weighted by Crippen LogP contribution is -2.14. The first kappa shape index (κ1) is 12.6. The van der Waals surface area contributed by atoms with Crippen LogP contribution in [-0.2, 0) is 6.42 Å². The summed E-state index contributed by atoms with van der Waals surface area (Å²) in [6.07, 6.45) is 3.03. The Kier molecular flexibility index (Phi) is 4.65. The van der Waals surface area contributed by atoms with Crippen LogP contribution in [-0.4, -0.2) is 15.7 Å². The molecule has 2 nitrogen and oxygen atoms in total. The van der Waals surface area contributed by atoms with Crippen LogP contribution in [0.2, 0.25) is 0 Å². The van der Waals surface area contributed by atoms with Gasteiger partial charge in [-0.25, -0.2) is 0 Å². The highest BCUT2D eigenvalue weighted by atomic mass is 35.5. The third-order valence-electron chi connectivity index (χ3n) is 2.80. The first-order valence-electron chi connectivity index (χ1n) is 5.64. The summed E-state index contributed by atoms with van der Waals surface area (Å²) in [5, 5.41) is 4.54. The minimum absolute atomic E-state index is 0.437. The predicted molar refractivity (Wildman–Crippen MR) is 65.4 cm³/mol. The number of hydrogen-bond acceptors (Lipinski definition) is 1. The van der Waals surface area contributed by atoms with Gasteiger partial charge in [-0.3, -0.25) is 4.68 Å². The topological polar surface area (TPSA) is 17.8 Å². The molecule has 0 spiro atoms. The van der Waals surface area contributed by atoms with Crippen LogP contribution in [0.3, 0.4) is 0 Å². The van der Waals surface area contributed by atoms with Gasteiger partial charge in [-0.1, -0.05) is 13.8 Å². The molecule has 0 saturated carbocycles. The second kappa shape index (κ2) is 5.55. The van der Waals surface area contributed by atoms with E-state index >= 15 is 0 Å². The van der Waals surface area contributed by atoms with Gasteiger partial charge in [0.1, 0.15) is 0 Å². The van der Waals surface area contributed by atoms with E-state index in [0.717, 1.165) is 12.1 Å². The van der Waals surface area contributed by atoms with Crippen LogP contribution in [0, 0.1) is 11.8 Å². The van der Waals surface area contributed by atoms with Crippen molar-refractivity contribution < 1.29 is 0 Å². The van der Waals surface area contributed by atoms with Gasteiger partial charge in [0, 0.05) is 18.1 Å². The van der Waals surface area contributed by atoms with E-state index in [9.17, 15) is 0 Å². The third-order valence-corrected chi connectivity index (χ3v) is 3.20. The summed E-state index contributed by atoms with van der Waals surface area (Å²) in [6, 6.07) is 2.54. The Morgan fingerprint density at radius 1 is 1.33 bits per heavy atom. The zero-order valence-corrected chi connectivity index (χ0v) is 10.8. The van der Waals surface area contributed by atoms with Gasteiger partial charge in [0.25, 0.3) is 0 Å². The fraction of sp³-hybridized carbons (Fsp3) is 0.750. The van der Waals surface area contributed by atoms with Crippen molar-refractivity contribution >= 4 is 11.6 Å². The molecule has 0 aliphatic rings. The maximum atomic E-state index is 5.95. The van der Waals surface area contributed by atoms with Gasteiger partial charge in [0.2, 0.25) is 0 Å². The predicted octanol–water partition coefficient (Wildman–Crippen LogP) is 3.52. The molecule has 0 saturated heterocycles. The standard InChI is InChI=1S/C12H21ClN2/c1-9(2)11(8-13)7-12-5-6-15(14-12)10(3)4/h5-6,9-11H,7-8H2,1-4H3. The van der Waals surface area contributed by atoms with Gasteiger partial charge < -0.3 is 0 Å². The summed E-state index contributed by atoms with van der Waals surface area (Å²) in [5.74, 6) is 1.86. The number of aromatic nitrogens is 2.